The van der Waals surface area contributed by atoms with Crippen LogP contribution in [0.25, 0.3) is 10.8 Å². The van der Waals surface area contributed by atoms with Gasteiger partial charge in [0, 0.05) is 27.2 Å². The predicted molar refractivity (Wildman–Crippen MR) is 143 cm³/mol. The molecule has 0 saturated heterocycles. The maximum atomic E-state index is 13.0. The molecule has 1 unspecified atom stereocenters. The molecule has 37 heavy (non-hydrogen) atoms. The Bertz CT molecular complexity index is 1490. The molecule has 2 amide bonds. The van der Waals surface area contributed by atoms with Gasteiger partial charge in [0.05, 0.1) is 16.4 Å². The fourth-order valence-corrected chi connectivity index (χ4v) is 4.59. The molecular weight excluding hydrogens is 492 g/mol. The number of rotatable bonds is 8. The van der Waals surface area contributed by atoms with Gasteiger partial charge in [-0.2, -0.15) is 0 Å². The average molecular weight is 515 g/mol. The van der Waals surface area contributed by atoms with Crippen molar-refractivity contribution in [1.29, 1.82) is 0 Å². The third kappa shape index (κ3) is 5.96. The molecule has 0 spiro atoms. The van der Waals surface area contributed by atoms with E-state index in [-0.39, 0.29) is 22.6 Å². The van der Waals surface area contributed by atoms with Gasteiger partial charge in [0.15, 0.2) is 0 Å². The van der Waals surface area contributed by atoms with Crippen molar-refractivity contribution in [2.75, 3.05) is 10.6 Å². The van der Waals surface area contributed by atoms with Gasteiger partial charge in [-0.15, -0.1) is 11.8 Å². The van der Waals surface area contributed by atoms with Crippen LogP contribution in [-0.4, -0.2) is 39.2 Å². The topological polar surface area (TPSA) is 133 Å². The summed E-state index contributed by atoms with van der Waals surface area (Å²) in [7, 11) is 0. The lowest BCUT2D eigenvalue weighted by molar-refractivity contribution is -0.115. The highest BCUT2D eigenvalue weighted by molar-refractivity contribution is 8.00. The van der Waals surface area contributed by atoms with Crippen molar-refractivity contribution >= 4 is 57.7 Å². The number of anilines is 2. The van der Waals surface area contributed by atoms with Crippen molar-refractivity contribution < 1.29 is 29.4 Å². The van der Waals surface area contributed by atoms with E-state index in [4.69, 9.17) is 5.11 Å². The van der Waals surface area contributed by atoms with Gasteiger partial charge >= 0.3 is 11.9 Å². The van der Waals surface area contributed by atoms with E-state index in [1.807, 2.05) is 0 Å². The van der Waals surface area contributed by atoms with E-state index in [0.717, 1.165) is 4.90 Å². The summed E-state index contributed by atoms with van der Waals surface area (Å²) < 4.78 is 0. The summed E-state index contributed by atoms with van der Waals surface area (Å²) in [5.41, 5.74) is 1.47. The quantitative estimate of drug-likeness (QED) is 0.225. The lowest BCUT2D eigenvalue weighted by Crippen LogP contribution is -2.22. The third-order valence-electron chi connectivity index (χ3n) is 5.57. The number of hydrogen-bond acceptors (Lipinski definition) is 5. The van der Waals surface area contributed by atoms with Crippen LogP contribution >= 0.6 is 11.8 Å². The minimum absolute atomic E-state index is 0.0556. The summed E-state index contributed by atoms with van der Waals surface area (Å²) in [5, 5.41) is 24.7. The zero-order chi connectivity index (χ0) is 26.5. The largest absolute Gasteiger partial charge is 0.478 e. The Labute approximate surface area is 216 Å². The summed E-state index contributed by atoms with van der Waals surface area (Å²) in [6.07, 6.45) is 0. The van der Waals surface area contributed by atoms with Crippen molar-refractivity contribution in [3.05, 3.63) is 102 Å². The molecule has 4 N–H and O–H groups in total. The van der Waals surface area contributed by atoms with E-state index in [9.17, 15) is 24.3 Å². The Morgan fingerprint density at radius 3 is 1.86 bits per heavy atom. The molecule has 0 fully saturated rings. The number of carboxylic acid groups (broad SMARTS) is 2. The second-order valence-corrected chi connectivity index (χ2v) is 9.54. The molecule has 0 aliphatic rings. The van der Waals surface area contributed by atoms with Crippen LogP contribution in [0.1, 0.15) is 38.0 Å². The zero-order valence-corrected chi connectivity index (χ0v) is 20.4. The zero-order valence-electron chi connectivity index (χ0n) is 19.6. The first-order valence-corrected chi connectivity index (χ1v) is 12.1. The normalized spacial score (nSPS) is 11.5. The maximum absolute atomic E-state index is 13.0. The number of benzene rings is 4. The molecule has 8 nitrogen and oxygen atoms in total. The van der Waals surface area contributed by atoms with Gasteiger partial charge in [-0.05, 0) is 73.0 Å². The lowest BCUT2D eigenvalue weighted by Gasteiger charge is -2.13. The Hall–Kier alpha value is -4.63. The molecule has 4 rings (SSSR count). The van der Waals surface area contributed by atoms with Gasteiger partial charge in [-0.25, -0.2) is 9.59 Å². The van der Waals surface area contributed by atoms with Gasteiger partial charge in [0.2, 0.25) is 5.91 Å². The Morgan fingerprint density at radius 1 is 0.703 bits per heavy atom. The van der Waals surface area contributed by atoms with Gasteiger partial charge in [0.25, 0.3) is 5.91 Å². The van der Waals surface area contributed by atoms with Crippen LogP contribution in [0.2, 0.25) is 0 Å². The minimum Gasteiger partial charge on any atom is -0.478 e. The second-order valence-electron chi connectivity index (χ2n) is 8.12. The van der Waals surface area contributed by atoms with Crippen LogP contribution in [0, 0.1) is 0 Å². The number of thioether (sulfide) groups is 1. The highest BCUT2D eigenvalue weighted by atomic mass is 32.2. The molecule has 0 saturated carbocycles. The van der Waals surface area contributed by atoms with Crippen LogP contribution in [0.5, 0.6) is 0 Å². The first-order valence-electron chi connectivity index (χ1n) is 11.2. The maximum Gasteiger partial charge on any atom is 0.336 e. The summed E-state index contributed by atoms with van der Waals surface area (Å²) >= 11 is 1.33. The van der Waals surface area contributed by atoms with Crippen LogP contribution in [0.4, 0.5) is 11.4 Å². The standard InChI is InChI=1S/C28H22N2O6S/c1-16(25(31)29-19-10-8-18(9-11-19)27(33)34)37-21-14-12-20(13-15-21)30-26(32)22-6-2-4-17-5-3-7-23(24(17)22)28(35)36/h2-16H,1H3,(H,29,31)(H,30,32)(H,33,34)(H,35,36). The Balaban J connectivity index is 1.41. The van der Waals surface area contributed by atoms with Gasteiger partial charge < -0.3 is 20.8 Å². The number of nitrogens with one attached hydrogen (secondary N) is 2. The third-order valence-corrected chi connectivity index (χ3v) is 6.69. The smallest absolute Gasteiger partial charge is 0.336 e. The number of aromatic carboxylic acids is 2. The monoisotopic (exact) mass is 514 g/mol. The molecule has 1 atom stereocenters. The highest BCUT2D eigenvalue weighted by Crippen LogP contribution is 2.27. The summed E-state index contributed by atoms with van der Waals surface area (Å²) in [6.45, 7) is 1.75. The number of hydrogen-bond donors (Lipinski definition) is 4. The first kappa shape index (κ1) is 25.5. The van der Waals surface area contributed by atoms with Crippen molar-refractivity contribution in [2.24, 2.45) is 0 Å². The van der Waals surface area contributed by atoms with E-state index >= 15 is 0 Å². The molecule has 0 aliphatic heterocycles. The average Bonchev–Trinajstić information content (AvgIpc) is 2.89. The minimum atomic E-state index is -1.11. The van der Waals surface area contributed by atoms with Crippen LogP contribution < -0.4 is 10.6 Å². The molecule has 0 heterocycles. The molecule has 4 aromatic carbocycles. The molecular formula is C28H22N2O6S. The van der Waals surface area contributed by atoms with Gasteiger partial charge in [0.1, 0.15) is 0 Å². The van der Waals surface area contributed by atoms with E-state index in [1.54, 1.807) is 61.5 Å². The Morgan fingerprint density at radius 2 is 1.27 bits per heavy atom. The van der Waals surface area contributed by atoms with Crippen LogP contribution in [0.15, 0.2) is 89.8 Å². The molecule has 0 bridgehead atoms. The molecule has 0 aliphatic carbocycles. The molecule has 0 aromatic heterocycles. The SMILES string of the molecule is CC(Sc1ccc(NC(=O)c2cccc3cccc(C(=O)O)c23)cc1)C(=O)Nc1ccc(C(=O)O)cc1. The molecule has 0 radical (unpaired) electrons. The van der Waals surface area contributed by atoms with Crippen molar-refractivity contribution in [3.63, 3.8) is 0 Å². The number of carbonyl (C=O) groups excluding carboxylic acids is 2. The predicted octanol–water partition coefficient (Wildman–Crippen LogP) is 5.61. The van der Waals surface area contributed by atoms with Crippen LogP contribution in [-0.2, 0) is 4.79 Å². The highest BCUT2D eigenvalue weighted by Gasteiger charge is 2.18. The second kappa shape index (κ2) is 11.0. The summed E-state index contributed by atoms with van der Waals surface area (Å²) in [5.74, 6) is -2.82. The number of carboxylic acids is 2. The fraction of sp³-hybridized carbons (Fsp3) is 0.0714. The molecule has 186 valence electrons. The molecule has 4 aromatic rings. The Kier molecular flexibility index (Phi) is 7.55. The van der Waals surface area contributed by atoms with E-state index in [1.165, 1.54) is 42.1 Å². The van der Waals surface area contributed by atoms with Crippen molar-refractivity contribution in [3.8, 4) is 0 Å². The lowest BCUT2D eigenvalue weighted by atomic mass is 9.98. The van der Waals surface area contributed by atoms with E-state index in [0.29, 0.717) is 22.1 Å². The summed E-state index contributed by atoms with van der Waals surface area (Å²) in [4.78, 5) is 49.0. The van der Waals surface area contributed by atoms with Crippen molar-refractivity contribution in [2.45, 2.75) is 17.1 Å². The summed E-state index contributed by atoms with van der Waals surface area (Å²) in [6, 6.07) is 22.8. The van der Waals surface area contributed by atoms with E-state index < -0.39 is 23.1 Å². The van der Waals surface area contributed by atoms with Crippen molar-refractivity contribution in [1.82, 2.24) is 0 Å². The number of amides is 2. The molecule has 9 heteroatoms. The number of fused-ring (bicyclic) bond motifs is 1. The van der Waals surface area contributed by atoms with Gasteiger partial charge in [-0.3, -0.25) is 9.59 Å². The van der Waals surface area contributed by atoms with Gasteiger partial charge in [-0.1, -0.05) is 24.3 Å². The number of carbonyl (C=O) groups is 4. The first-order chi connectivity index (χ1) is 17.7. The van der Waals surface area contributed by atoms with Crippen LogP contribution in [0.3, 0.4) is 0 Å². The van der Waals surface area contributed by atoms with E-state index in [2.05, 4.69) is 10.6 Å². The fourth-order valence-electron chi connectivity index (χ4n) is 3.72.